The number of benzene rings is 1. The van der Waals surface area contributed by atoms with Crippen LogP contribution in [0.15, 0.2) is 65.8 Å². The monoisotopic (exact) mass is 331 g/mol. The number of nitrogens with one attached hydrogen (secondary N) is 1. The van der Waals surface area contributed by atoms with E-state index in [0.29, 0.717) is 27.9 Å². The van der Waals surface area contributed by atoms with Gasteiger partial charge in [0.1, 0.15) is 0 Å². The summed E-state index contributed by atoms with van der Waals surface area (Å²) in [6.07, 6.45) is 6.28. The van der Waals surface area contributed by atoms with Crippen molar-refractivity contribution in [2.45, 2.75) is 0 Å². The van der Waals surface area contributed by atoms with Crippen molar-refractivity contribution in [3.05, 3.63) is 66.9 Å². The molecular weight excluding hydrogens is 318 g/mol. The highest BCUT2D eigenvalue weighted by molar-refractivity contribution is 6.06. The minimum Gasteiger partial charge on any atom is -0.444 e. The van der Waals surface area contributed by atoms with E-state index in [1.807, 2.05) is 24.3 Å². The van der Waals surface area contributed by atoms with Gasteiger partial charge in [-0.3, -0.25) is 15.2 Å². The van der Waals surface area contributed by atoms with Gasteiger partial charge in [0.2, 0.25) is 0 Å². The molecule has 3 heterocycles. The van der Waals surface area contributed by atoms with Gasteiger partial charge in [0.25, 0.3) is 5.91 Å². The number of nitrogens with two attached hydrogens (primary N) is 1. The van der Waals surface area contributed by atoms with E-state index in [4.69, 9.17) is 10.3 Å². The van der Waals surface area contributed by atoms with Gasteiger partial charge in [-0.2, -0.15) is 0 Å². The van der Waals surface area contributed by atoms with Gasteiger partial charge in [-0.25, -0.2) is 15.8 Å². The molecule has 0 unspecified atom stereocenters. The molecule has 4 rings (SSSR count). The first-order valence-electron chi connectivity index (χ1n) is 7.51. The molecule has 7 heteroatoms. The first kappa shape index (κ1) is 15.0. The van der Waals surface area contributed by atoms with Crippen LogP contribution in [0.4, 0.5) is 0 Å². The lowest BCUT2D eigenvalue weighted by molar-refractivity contribution is 0.0955. The SMILES string of the molecule is NNC(=O)c1cc(-c2ccc(-c3cnco3)cc2)nc2ccncc12. The van der Waals surface area contributed by atoms with Gasteiger partial charge in [0.15, 0.2) is 12.2 Å². The summed E-state index contributed by atoms with van der Waals surface area (Å²) in [6.45, 7) is 0. The van der Waals surface area contributed by atoms with Gasteiger partial charge < -0.3 is 4.42 Å². The maximum Gasteiger partial charge on any atom is 0.265 e. The second-order valence-electron chi connectivity index (χ2n) is 5.36. The summed E-state index contributed by atoms with van der Waals surface area (Å²) in [4.78, 5) is 24.7. The Morgan fingerprint density at radius 2 is 1.84 bits per heavy atom. The minimum absolute atomic E-state index is 0.389. The minimum atomic E-state index is -0.389. The number of nitrogen functional groups attached to an aromatic ring is 1. The normalized spacial score (nSPS) is 10.8. The van der Waals surface area contributed by atoms with Crippen LogP contribution in [0.25, 0.3) is 33.5 Å². The Hall–Kier alpha value is -3.58. The quantitative estimate of drug-likeness (QED) is 0.339. The van der Waals surface area contributed by atoms with Crippen LogP contribution in [0.1, 0.15) is 10.4 Å². The van der Waals surface area contributed by atoms with Crippen LogP contribution in [-0.4, -0.2) is 20.9 Å². The topological polar surface area (TPSA) is 107 Å². The number of carbonyl (C=O) groups is 1. The highest BCUT2D eigenvalue weighted by atomic mass is 16.3. The summed E-state index contributed by atoms with van der Waals surface area (Å²) < 4.78 is 5.29. The summed E-state index contributed by atoms with van der Waals surface area (Å²) in [5.74, 6) is 5.60. The Labute approximate surface area is 142 Å². The van der Waals surface area contributed by atoms with Crippen LogP contribution < -0.4 is 11.3 Å². The average molecular weight is 331 g/mol. The van der Waals surface area contributed by atoms with Crippen LogP contribution in [0.5, 0.6) is 0 Å². The lowest BCUT2D eigenvalue weighted by Crippen LogP contribution is -2.30. The molecule has 0 atom stereocenters. The molecule has 0 saturated carbocycles. The predicted molar refractivity (Wildman–Crippen MR) is 92.1 cm³/mol. The maximum atomic E-state index is 12.1. The van der Waals surface area contributed by atoms with E-state index >= 15 is 0 Å². The van der Waals surface area contributed by atoms with E-state index in [1.165, 1.54) is 6.39 Å². The fourth-order valence-electron chi connectivity index (χ4n) is 2.65. The van der Waals surface area contributed by atoms with Gasteiger partial charge in [0.05, 0.1) is 23.0 Å². The van der Waals surface area contributed by atoms with Crippen molar-refractivity contribution in [1.29, 1.82) is 0 Å². The van der Waals surface area contributed by atoms with Crippen LogP contribution >= 0.6 is 0 Å². The van der Waals surface area contributed by atoms with Gasteiger partial charge in [-0.15, -0.1) is 0 Å². The fraction of sp³-hybridized carbons (Fsp3) is 0. The number of aromatic nitrogens is 3. The van der Waals surface area contributed by atoms with Crippen molar-refractivity contribution in [2.75, 3.05) is 0 Å². The first-order valence-corrected chi connectivity index (χ1v) is 7.51. The summed E-state index contributed by atoms with van der Waals surface area (Å²) in [6, 6.07) is 11.1. The molecule has 0 aliphatic rings. The molecule has 0 saturated heterocycles. The standard InChI is InChI=1S/C18H13N5O2/c19-23-18(24)13-7-16(22-15-5-6-20-8-14(13)15)11-1-3-12(4-2-11)17-9-21-10-25-17/h1-10H,19H2,(H,23,24). The third kappa shape index (κ3) is 2.73. The van der Waals surface area contributed by atoms with Gasteiger partial charge in [-0.1, -0.05) is 24.3 Å². The number of rotatable bonds is 3. The summed E-state index contributed by atoms with van der Waals surface area (Å²) in [5, 5.41) is 0.646. The number of hydrazine groups is 1. The number of hydrogen-bond acceptors (Lipinski definition) is 6. The Balaban J connectivity index is 1.82. The summed E-state index contributed by atoms with van der Waals surface area (Å²) >= 11 is 0. The van der Waals surface area contributed by atoms with Crippen molar-refractivity contribution in [1.82, 2.24) is 20.4 Å². The zero-order chi connectivity index (χ0) is 17.2. The number of amides is 1. The predicted octanol–water partition coefficient (Wildman–Crippen LogP) is 2.56. The van der Waals surface area contributed by atoms with E-state index < -0.39 is 0 Å². The van der Waals surface area contributed by atoms with E-state index in [2.05, 4.69) is 20.4 Å². The lowest BCUT2D eigenvalue weighted by Gasteiger charge is -2.09. The molecule has 0 spiro atoms. The Bertz CT molecular complexity index is 1040. The molecule has 0 bridgehead atoms. The molecule has 0 aliphatic carbocycles. The highest BCUT2D eigenvalue weighted by Gasteiger charge is 2.13. The van der Waals surface area contributed by atoms with E-state index in [9.17, 15) is 4.79 Å². The summed E-state index contributed by atoms with van der Waals surface area (Å²) in [5.41, 5.74) is 5.71. The Morgan fingerprint density at radius 3 is 2.56 bits per heavy atom. The van der Waals surface area contributed by atoms with Gasteiger partial charge >= 0.3 is 0 Å². The average Bonchev–Trinajstić information content (AvgIpc) is 3.21. The van der Waals surface area contributed by atoms with Crippen molar-refractivity contribution >= 4 is 16.8 Å². The van der Waals surface area contributed by atoms with Crippen LogP contribution in [0, 0.1) is 0 Å². The van der Waals surface area contributed by atoms with Crippen LogP contribution in [-0.2, 0) is 0 Å². The summed E-state index contributed by atoms with van der Waals surface area (Å²) in [7, 11) is 0. The molecule has 0 aliphatic heterocycles. The molecule has 122 valence electrons. The molecule has 1 aromatic carbocycles. The third-order valence-electron chi connectivity index (χ3n) is 3.88. The maximum absolute atomic E-state index is 12.1. The smallest absolute Gasteiger partial charge is 0.265 e. The Kier molecular flexibility index (Phi) is 3.68. The van der Waals surface area contributed by atoms with Gasteiger partial charge in [-0.05, 0) is 12.1 Å². The molecule has 4 aromatic rings. The largest absolute Gasteiger partial charge is 0.444 e. The van der Waals surface area contributed by atoms with E-state index in [0.717, 1.165) is 11.1 Å². The van der Waals surface area contributed by atoms with Crippen molar-refractivity contribution in [3.63, 3.8) is 0 Å². The second kappa shape index (κ2) is 6.14. The number of hydrogen-bond donors (Lipinski definition) is 2. The number of carbonyl (C=O) groups excluding carboxylic acids is 1. The van der Waals surface area contributed by atoms with Crippen molar-refractivity contribution < 1.29 is 9.21 Å². The van der Waals surface area contributed by atoms with E-state index in [1.54, 1.807) is 30.7 Å². The van der Waals surface area contributed by atoms with Crippen molar-refractivity contribution in [2.24, 2.45) is 5.84 Å². The zero-order valence-corrected chi connectivity index (χ0v) is 13.0. The van der Waals surface area contributed by atoms with E-state index in [-0.39, 0.29) is 5.91 Å². The van der Waals surface area contributed by atoms with Crippen LogP contribution in [0.3, 0.4) is 0 Å². The molecule has 1 amide bonds. The molecule has 0 fully saturated rings. The van der Waals surface area contributed by atoms with Crippen LogP contribution in [0.2, 0.25) is 0 Å². The number of nitrogens with zero attached hydrogens (tertiary/aromatic N) is 3. The molecular formula is C18H13N5O2. The Morgan fingerprint density at radius 1 is 1.04 bits per heavy atom. The number of fused-ring (bicyclic) bond motifs is 1. The molecule has 3 N–H and O–H groups in total. The second-order valence-corrected chi connectivity index (χ2v) is 5.36. The first-order chi connectivity index (χ1) is 12.3. The third-order valence-corrected chi connectivity index (χ3v) is 3.88. The highest BCUT2D eigenvalue weighted by Crippen LogP contribution is 2.27. The van der Waals surface area contributed by atoms with Crippen molar-refractivity contribution in [3.8, 4) is 22.6 Å². The van der Waals surface area contributed by atoms with Gasteiger partial charge in [0, 0.05) is 28.9 Å². The molecule has 3 aromatic heterocycles. The number of pyridine rings is 2. The molecule has 7 nitrogen and oxygen atoms in total. The lowest BCUT2D eigenvalue weighted by atomic mass is 10.0. The molecule has 0 radical (unpaired) electrons. The zero-order valence-electron chi connectivity index (χ0n) is 13.0. The number of oxazole rings is 1. The molecule has 25 heavy (non-hydrogen) atoms. The fourth-order valence-corrected chi connectivity index (χ4v) is 2.65.